The van der Waals surface area contributed by atoms with Gasteiger partial charge in [0.15, 0.2) is 5.69 Å². The molecule has 2 aliphatic carbocycles. The van der Waals surface area contributed by atoms with Gasteiger partial charge in [-0.05, 0) is 60.7 Å². The molecule has 1 N–H and O–H groups in total. The zero-order chi connectivity index (χ0) is 40.0. The van der Waals surface area contributed by atoms with E-state index in [0.29, 0.717) is 26.2 Å². The lowest BCUT2D eigenvalue weighted by atomic mass is 9.49. The summed E-state index contributed by atoms with van der Waals surface area (Å²) in [5, 5.41) is 36.3. The van der Waals surface area contributed by atoms with E-state index in [9.17, 15) is 39.7 Å². The summed E-state index contributed by atoms with van der Waals surface area (Å²) in [6.07, 6.45) is 1.76. The molecule has 4 amide bonds. The normalized spacial score (nSPS) is 25.4. The fraction of sp³-hybridized carbons (Fsp3) is 0.250. The first-order valence-electron chi connectivity index (χ1n) is 17.6. The van der Waals surface area contributed by atoms with E-state index in [2.05, 4.69) is 15.9 Å². The summed E-state index contributed by atoms with van der Waals surface area (Å²) in [6.45, 7) is 0. The SMILES string of the molecule is CN(C)c1c([N+](=O)[O-])cc(N2C(=O)C3CC=C4C(CC5C(=O)N(c6cccc(Cl)c6)C(=O)C5(c5ccccc5)C4c4cc(Br)ccc4O)C3C2=O)cc1[N+](=O)[O-]. The smallest absolute Gasteiger partial charge is 0.301 e. The van der Waals surface area contributed by atoms with Crippen molar-refractivity contribution < 1.29 is 34.1 Å². The molecule has 0 bridgehead atoms. The molecule has 2 heterocycles. The van der Waals surface area contributed by atoms with Crippen molar-refractivity contribution in [1.29, 1.82) is 0 Å². The topological polar surface area (TPSA) is 185 Å². The number of benzene rings is 4. The van der Waals surface area contributed by atoms with E-state index in [0.717, 1.165) is 21.9 Å². The zero-order valence-corrected chi connectivity index (χ0v) is 32.0. The number of aromatic hydroxyl groups is 1. The number of hydrogen-bond acceptors (Lipinski definition) is 10. The van der Waals surface area contributed by atoms with Crippen LogP contribution in [-0.2, 0) is 24.6 Å². The number of halogens is 2. The number of fused-ring (bicyclic) bond motifs is 4. The standard InChI is InChI=1S/C40H31BrClN5O9/c1-43(2)35-30(46(53)54)17-24(18-31(35)47(55)56)44-36(49)26-13-12-25-27(33(26)38(44)51)19-29-37(50)45(23-10-6-9-22(42)16-23)39(52)40(29,20-7-4-3-5-8-20)34(25)28-15-21(41)11-14-32(28)48/h3-12,14-18,26-27,29,33-34,48H,13,19H2,1-2H3. The lowest BCUT2D eigenvalue weighted by Gasteiger charge is -2.50. The van der Waals surface area contributed by atoms with E-state index in [1.165, 1.54) is 31.1 Å². The van der Waals surface area contributed by atoms with Gasteiger partial charge in [-0.1, -0.05) is 75.6 Å². The van der Waals surface area contributed by atoms with Gasteiger partial charge in [-0.2, -0.15) is 0 Å². The Morgan fingerprint density at radius 2 is 1.50 bits per heavy atom. The van der Waals surface area contributed by atoms with Gasteiger partial charge in [-0.25, -0.2) is 9.80 Å². The molecule has 4 aliphatic rings. The predicted molar refractivity (Wildman–Crippen MR) is 208 cm³/mol. The van der Waals surface area contributed by atoms with Crippen LogP contribution in [0.5, 0.6) is 5.75 Å². The monoisotopic (exact) mass is 839 g/mol. The van der Waals surface area contributed by atoms with Crippen molar-refractivity contribution in [3.8, 4) is 5.75 Å². The summed E-state index contributed by atoms with van der Waals surface area (Å²) in [6, 6.07) is 21.9. The summed E-state index contributed by atoms with van der Waals surface area (Å²) in [7, 11) is 2.81. The summed E-state index contributed by atoms with van der Waals surface area (Å²) >= 11 is 9.88. The molecule has 1 saturated carbocycles. The molecule has 14 nitrogen and oxygen atoms in total. The van der Waals surface area contributed by atoms with Crippen LogP contribution in [0.1, 0.15) is 29.9 Å². The van der Waals surface area contributed by atoms with Gasteiger partial charge < -0.3 is 10.0 Å². The van der Waals surface area contributed by atoms with E-state index in [1.54, 1.807) is 66.7 Å². The number of nitrogens with zero attached hydrogens (tertiary/aromatic N) is 5. The number of carbonyl (C=O) groups is 4. The van der Waals surface area contributed by atoms with Gasteiger partial charge in [0.1, 0.15) is 5.75 Å². The minimum Gasteiger partial charge on any atom is -0.508 e. The molecule has 3 fully saturated rings. The summed E-state index contributed by atoms with van der Waals surface area (Å²) in [5.41, 5.74) is -1.97. The fourth-order valence-corrected chi connectivity index (χ4v) is 10.1. The van der Waals surface area contributed by atoms with Crippen LogP contribution in [0.2, 0.25) is 5.02 Å². The number of anilines is 3. The van der Waals surface area contributed by atoms with E-state index in [4.69, 9.17) is 11.6 Å². The van der Waals surface area contributed by atoms with E-state index in [1.807, 2.05) is 0 Å². The van der Waals surface area contributed by atoms with Gasteiger partial charge in [0.25, 0.3) is 0 Å². The highest BCUT2D eigenvalue weighted by molar-refractivity contribution is 9.10. The average molecular weight is 841 g/mol. The third kappa shape index (κ3) is 5.28. The molecule has 6 atom stereocenters. The lowest BCUT2D eigenvalue weighted by Crippen LogP contribution is -2.53. The van der Waals surface area contributed by atoms with Crippen LogP contribution in [0.4, 0.5) is 28.4 Å². The Kier molecular flexibility index (Phi) is 8.84. The highest BCUT2D eigenvalue weighted by Crippen LogP contribution is 2.65. The number of nitro benzene ring substituents is 2. The van der Waals surface area contributed by atoms with Crippen molar-refractivity contribution >= 4 is 79.6 Å². The molecule has 8 rings (SSSR count). The van der Waals surface area contributed by atoms with Gasteiger partial charge >= 0.3 is 11.4 Å². The third-order valence-corrected chi connectivity index (χ3v) is 12.3. The molecule has 6 unspecified atom stereocenters. The van der Waals surface area contributed by atoms with Crippen LogP contribution in [0.3, 0.4) is 0 Å². The Balaban J connectivity index is 1.33. The molecule has 56 heavy (non-hydrogen) atoms. The van der Waals surface area contributed by atoms with Gasteiger partial charge in [-0.15, -0.1) is 0 Å². The Morgan fingerprint density at radius 1 is 0.821 bits per heavy atom. The highest BCUT2D eigenvalue weighted by Gasteiger charge is 2.70. The number of carbonyl (C=O) groups excluding carboxylic acids is 4. The van der Waals surface area contributed by atoms with Crippen LogP contribution in [0, 0.1) is 43.9 Å². The Hall–Kier alpha value is -5.93. The van der Waals surface area contributed by atoms with Crippen molar-refractivity contribution in [3.05, 3.63) is 137 Å². The van der Waals surface area contributed by atoms with E-state index < -0.39 is 79.9 Å². The lowest BCUT2D eigenvalue weighted by molar-refractivity contribution is -0.392. The van der Waals surface area contributed by atoms with Crippen LogP contribution < -0.4 is 14.7 Å². The average Bonchev–Trinajstić information content (AvgIpc) is 3.56. The number of hydrogen-bond donors (Lipinski definition) is 1. The molecule has 0 aromatic heterocycles. The number of amides is 4. The Labute approximate surface area is 332 Å². The van der Waals surface area contributed by atoms with Crippen molar-refractivity contribution in [3.63, 3.8) is 0 Å². The van der Waals surface area contributed by atoms with Crippen LogP contribution in [0.15, 0.2) is 101 Å². The van der Waals surface area contributed by atoms with Gasteiger partial charge in [0, 0.05) is 47.2 Å². The van der Waals surface area contributed by atoms with Gasteiger partial charge in [0.2, 0.25) is 23.6 Å². The van der Waals surface area contributed by atoms with Crippen LogP contribution in [-0.4, -0.2) is 52.7 Å². The first kappa shape index (κ1) is 37.0. The zero-order valence-electron chi connectivity index (χ0n) is 29.7. The van der Waals surface area contributed by atoms with Crippen molar-refractivity contribution in [1.82, 2.24) is 0 Å². The second-order valence-corrected chi connectivity index (χ2v) is 15.9. The number of allylic oxidation sites excluding steroid dienone is 2. The van der Waals surface area contributed by atoms with Crippen molar-refractivity contribution in [2.75, 3.05) is 28.8 Å². The van der Waals surface area contributed by atoms with Gasteiger partial charge in [0.05, 0.1) is 44.4 Å². The fourth-order valence-electron chi connectivity index (χ4n) is 9.55. The minimum atomic E-state index is -1.64. The first-order chi connectivity index (χ1) is 26.7. The van der Waals surface area contributed by atoms with E-state index >= 15 is 4.79 Å². The number of phenols is 1. The largest absolute Gasteiger partial charge is 0.508 e. The second kappa shape index (κ2) is 13.4. The second-order valence-electron chi connectivity index (χ2n) is 14.5. The molecule has 284 valence electrons. The number of imide groups is 2. The highest BCUT2D eigenvalue weighted by atomic mass is 79.9. The number of rotatable bonds is 7. The van der Waals surface area contributed by atoms with Crippen molar-refractivity contribution in [2.24, 2.45) is 23.7 Å². The molecule has 2 aliphatic heterocycles. The number of phenolic OH excluding ortho intramolecular Hbond substituents is 1. The predicted octanol–water partition coefficient (Wildman–Crippen LogP) is 7.06. The summed E-state index contributed by atoms with van der Waals surface area (Å²) in [4.78, 5) is 85.3. The Bertz CT molecular complexity index is 2420. The van der Waals surface area contributed by atoms with Crippen LogP contribution >= 0.6 is 27.5 Å². The quantitative estimate of drug-likeness (QED) is 0.0875. The summed E-state index contributed by atoms with van der Waals surface area (Å²) in [5.74, 6) is -7.77. The molecule has 0 radical (unpaired) electrons. The third-order valence-electron chi connectivity index (χ3n) is 11.6. The maximum atomic E-state index is 15.4. The molecular weight excluding hydrogens is 810 g/mol. The molecule has 4 aromatic rings. The maximum Gasteiger partial charge on any atom is 0.301 e. The maximum absolute atomic E-state index is 15.4. The van der Waals surface area contributed by atoms with E-state index in [-0.39, 0.29) is 35.7 Å². The molecule has 2 saturated heterocycles. The minimum absolute atomic E-state index is 0.0124. The number of nitro groups is 2. The molecular formula is C40H31BrClN5O9. The first-order valence-corrected chi connectivity index (χ1v) is 18.7. The molecule has 0 spiro atoms. The summed E-state index contributed by atoms with van der Waals surface area (Å²) < 4.78 is 0.576. The molecule has 16 heteroatoms. The van der Waals surface area contributed by atoms with Crippen molar-refractivity contribution in [2.45, 2.75) is 24.2 Å². The molecule has 4 aromatic carbocycles. The van der Waals surface area contributed by atoms with Crippen LogP contribution in [0.25, 0.3) is 0 Å². The van der Waals surface area contributed by atoms with Gasteiger partial charge in [-0.3, -0.25) is 39.4 Å². The Morgan fingerprint density at radius 3 is 2.12 bits per heavy atom.